The molecular formula is C10H14Cl+. The highest BCUT2D eigenvalue weighted by Gasteiger charge is 2.19. The second kappa shape index (κ2) is 2.86. The van der Waals surface area contributed by atoms with Crippen molar-refractivity contribution in [2.24, 2.45) is 0 Å². The van der Waals surface area contributed by atoms with Crippen molar-refractivity contribution >= 4 is 0 Å². The van der Waals surface area contributed by atoms with E-state index in [1.807, 2.05) is 18.2 Å². The van der Waals surface area contributed by atoms with Crippen molar-refractivity contribution in [3.8, 4) is 0 Å². The largest absolute Gasteiger partial charge is 0.229 e. The lowest BCUT2D eigenvalue weighted by Crippen LogP contribution is -2.11. The van der Waals surface area contributed by atoms with E-state index in [9.17, 15) is 0 Å². The van der Waals surface area contributed by atoms with Crippen LogP contribution in [0.3, 0.4) is 0 Å². The van der Waals surface area contributed by atoms with Gasteiger partial charge in [-0.2, -0.15) is 0 Å². The van der Waals surface area contributed by atoms with Crippen LogP contribution in [0.2, 0.25) is 5.02 Å². The molecule has 0 saturated carbocycles. The SMILES string of the molecule is CC(C)(C)c1ccccc1[ClH+]. The van der Waals surface area contributed by atoms with Gasteiger partial charge in [-0.3, -0.25) is 0 Å². The third kappa shape index (κ3) is 1.97. The van der Waals surface area contributed by atoms with Crippen molar-refractivity contribution in [2.45, 2.75) is 26.2 Å². The Hall–Kier alpha value is -0.490. The zero-order valence-corrected chi connectivity index (χ0v) is 8.03. The van der Waals surface area contributed by atoms with Crippen LogP contribution in [0.4, 0.5) is 0 Å². The van der Waals surface area contributed by atoms with Crippen molar-refractivity contribution in [1.29, 1.82) is 0 Å². The Labute approximate surface area is 73.2 Å². The molecule has 1 heteroatoms. The standard InChI is InChI=1S/C10H14Cl/c1-10(2,3)8-6-4-5-7-9(8)11/h4-7,11H,1-3H3/q+1. The minimum atomic E-state index is 0.179. The van der Waals surface area contributed by atoms with Gasteiger partial charge < -0.3 is 0 Å². The lowest BCUT2D eigenvalue weighted by Gasteiger charge is -2.17. The average Bonchev–Trinajstić information content (AvgIpc) is 1.86. The number of hydrogen-bond acceptors (Lipinski definition) is 0. The minimum Gasteiger partial charge on any atom is -0.0616 e. The molecule has 0 bridgehead atoms. The summed E-state index contributed by atoms with van der Waals surface area (Å²) in [5, 5.41) is 0.972. The van der Waals surface area contributed by atoms with Gasteiger partial charge in [-0.25, -0.2) is 0 Å². The summed E-state index contributed by atoms with van der Waals surface area (Å²) >= 11 is 5.20. The van der Waals surface area contributed by atoms with Crippen LogP contribution in [-0.4, -0.2) is 0 Å². The first-order valence-electron chi connectivity index (χ1n) is 3.78. The van der Waals surface area contributed by atoms with Gasteiger partial charge in [0.15, 0.2) is 11.6 Å². The predicted octanol–water partition coefficient (Wildman–Crippen LogP) is 2.68. The Kier molecular flexibility index (Phi) is 2.24. The number of hydrogen-bond donors (Lipinski definition) is 0. The Morgan fingerprint density at radius 3 is 2.00 bits per heavy atom. The lowest BCUT2D eigenvalue weighted by molar-refractivity contribution is -0.290. The highest BCUT2D eigenvalue weighted by atomic mass is 35.5. The number of halogens is 1. The Morgan fingerprint density at radius 2 is 1.64 bits per heavy atom. The summed E-state index contributed by atoms with van der Waals surface area (Å²) in [6.07, 6.45) is 0. The summed E-state index contributed by atoms with van der Waals surface area (Å²) in [5.74, 6) is 0. The summed E-state index contributed by atoms with van der Waals surface area (Å²) in [6, 6.07) is 8.10. The number of benzene rings is 1. The fourth-order valence-corrected chi connectivity index (χ4v) is 1.54. The fourth-order valence-electron chi connectivity index (χ4n) is 1.09. The van der Waals surface area contributed by atoms with Crippen LogP contribution in [0.25, 0.3) is 0 Å². The molecular weight excluding hydrogens is 156 g/mol. The summed E-state index contributed by atoms with van der Waals surface area (Å²) in [4.78, 5) is 0. The van der Waals surface area contributed by atoms with Crippen LogP contribution in [0.1, 0.15) is 26.3 Å². The molecule has 0 nitrogen and oxygen atoms in total. The van der Waals surface area contributed by atoms with Crippen molar-refractivity contribution < 1.29 is 11.6 Å². The molecule has 0 unspecified atom stereocenters. The maximum atomic E-state index is 5.20. The topological polar surface area (TPSA) is 0 Å². The summed E-state index contributed by atoms with van der Waals surface area (Å²) < 4.78 is 0. The Morgan fingerprint density at radius 1 is 1.09 bits per heavy atom. The lowest BCUT2D eigenvalue weighted by atomic mass is 9.87. The van der Waals surface area contributed by atoms with Gasteiger partial charge in [-0.05, 0) is 5.41 Å². The van der Waals surface area contributed by atoms with Crippen LogP contribution >= 0.6 is 0 Å². The quantitative estimate of drug-likeness (QED) is 0.560. The molecule has 0 fully saturated rings. The molecule has 1 aromatic carbocycles. The first-order chi connectivity index (χ1) is 5.02. The third-order valence-corrected chi connectivity index (χ3v) is 2.05. The van der Waals surface area contributed by atoms with Gasteiger partial charge in [-0.1, -0.05) is 39.0 Å². The first kappa shape index (κ1) is 8.61. The normalized spacial score (nSPS) is 11.6. The first-order valence-corrected chi connectivity index (χ1v) is 4.19. The zero-order valence-electron chi connectivity index (χ0n) is 7.22. The third-order valence-electron chi connectivity index (χ3n) is 1.70. The van der Waals surface area contributed by atoms with E-state index in [-0.39, 0.29) is 5.41 Å². The van der Waals surface area contributed by atoms with Gasteiger partial charge in [-0.15, -0.1) is 0 Å². The van der Waals surface area contributed by atoms with E-state index < -0.39 is 0 Å². The molecule has 0 saturated heterocycles. The van der Waals surface area contributed by atoms with Crippen molar-refractivity contribution in [3.05, 3.63) is 34.9 Å². The summed E-state index contributed by atoms with van der Waals surface area (Å²) in [7, 11) is 0. The molecule has 0 aliphatic rings. The van der Waals surface area contributed by atoms with Gasteiger partial charge in [0.1, 0.15) is 0 Å². The molecule has 0 atom stereocenters. The van der Waals surface area contributed by atoms with Crippen LogP contribution in [-0.2, 0) is 5.41 Å². The van der Waals surface area contributed by atoms with E-state index in [4.69, 9.17) is 11.6 Å². The average molecular weight is 170 g/mol. The van der Waals surface area contributed by atoms with Crippen molar-refractivity contribution in [3.63, 3.8) is 0 Å². The molecule has 0 spiro atoms. The molecule has 0 amide bonds. The fraction of sp³-hybridized carbons (Fsp3) is 0.400. The molecule has 0 aliphatic carbocycles. The molecule has 0 aromatic heterocycles. The van der Waals surface area contributed by atoms with Crippen LogP contribution in [0.5, 0.6) is 0 Å². The summed E-state index contributed by atoms with van der Waals surface area (Å²) in [6.45, 7) is 6.54. The minimum absolute atomic E-state index is 0.179. The van der Waals surface area contributed by atoms with Gasteiger partial charge in [0.05, 0.1) is 0 Å². The summed E-state index contributed by atoms with van der Waals surface area (Å²) in [5.41, 5.74) is 1.44. The molecule has 0 radical (unpaired) electrons. The van der Waals surface area contributed by atoms with Crippen LogP contribution < -0.4 is 0 Å². The molecule has 1 aromatic rings. The highest BCUT2D eigenvalue weighted by Crippen LogP contribution is 2.25. The van der Waals surface area contributed by atoms with E-state index in [0.29, 0.717) is 0 Å². The molecule has 1 rings (SSSR count). The molecule has 0 aliphatic heterocycles. The molecule has 0 N–H and O–H groups in total. The maximum Gasteiger partial charge on any atom is 0.229 e. The molecule has 11 heavy (non-hydrogen) atoms. The Bertz CT molecular complexity index is 245. The second-order valence-corrected chi connectivity index (χ2v) is 4.19. The van der Waals surface area contributed by atoms with E-state index in [1.165, 1.54) is 5.56 Å². The molecule has 0 heterocycles. The Balaban J connectivity index is 3.14. The smallest absolute Gasteiger partial charge is 0.0616 e. The number of rotatable bonds is 0. The second-order valence-electron chi connectivity index (χ2n) is 3.75. The van der Waals surface area contributed by atoms with E-state index in [1.54, 1.807) is 0 Å². The van der Waals surface area contributed by atoms with Crippen LogP contribution in [0.15, 0.2) is 24.3 Å². The van der Waals surface area contributed by atoms with Gasteiger partial charge in [0, 0.05) is 11.6 Å². The maximum absolute atomic E-state index is 5.20. The van der Waals surface area contributed by atoms with E-state index in [2.05, 4.69) is 26.8 Å². The van der Waals surface area contributed by atoms with Crippen LogP contribution in [0, 0.1) is 11.6 Å². The van der Waals surface area contributed by atoms with Gasteiger partial charge in [0.2, 0.25) is 5.02 Å². The van der Waals surface area contributed by atoms with E-state index >= 15 is 0 Å². The van der Waals surface area contributed by atoms with Crippen molar-refractivity contribution in [1.82, 2.24) is 0 Å². The molecule has 60 valence electrons. The monoisotopic (exact) mass is 169 g/mol. The van der Waals surface area contributed by atoms with Crippen molar-refractivity contribution in [2.75, 3.05) is 0 Å². The highest BCUT2D eigenvalue weighted by molar-refractivity contribution is 5.28. The zero-order chi connectivity index (χ0) is 8.48. The predicted molar refractivity (Wildman–Crippen MR) is 45.7 cm³/mol. The van der Waals surface area contributed by atoms with Gasteiger partial charge >= 0.3 is 0 Å². The van der Waals surface area contributed by atoms with Gasteiger partial charge in [0.25, 0.3) is 0 Å². The van der Waals surface area contributed by atoms with E-state index in [0.717, 1.165) is 5.02 Å².